The molecule has 14 heavy (non-hydrogen) atoms. The monoisotopic (exact) mass is 204 g/mol. The number of nitrogens with zero attached hydrogens (tertiary/aromatic N) is 1. The van der Waals surface area contributed by atoms with E-state index in [4.69, 9.17) is 4.74 Å². The fourth-order valence-electron chi connectivity index (χ4n) is 1.24. The smallest absolute Gasteiger partial charge is 0.152 e. The molecule has 0 saturated heterocycles. The van der Waals surface area contributed by atoms with Crippen molar-refractivity contribution in [1.82, 2.24) is 4.98 Å². The minimum atomic E-state index is 0.893. The van der Waals surface area contributed by atoms with Gasteiger partial charge in [-0.25, -0.2) is 4.98 Å². The van der Waals surface area contributed by atoms with Crippen LogP contribution in [0.25, 0.3) is 0 Å². The number of ether oxygens (including phenoxy) is 1. The van der Waals surface area contributed by atoms with E-state index < -0.39 is 0 Å². The van der Waals surface area contributed by atoms with Crippen molar-refractivity contribution >= 4 is 11.3 Å². The zero-order valence-corrected chi connectivity index (χ0v) is 8.67. The first-order valence-corrected chi connectivity index (χ1v) is 5.14. The van der Waals surface area contributed by atoms with Gasteiger partial charge in [-0.1, -0.05) is 12.1 Å². The van der Waals surface area contributed by atoms with Gasteiger partial charge >= 0.3 is 0 Å². The van der Waals surface area contributed by atoms with Crippen LogP contribution in [0, 0.1) is 5.51 Å². The Hall–Kier alpha value is -1.35. The van der Waals surface area contributed by atoms with E-state index in [0.717, 1.165) is 12.2 Å². The van der Waals surface area contributed by atoms with Gasteiger partial charge in [-0.2, -0.15) is 0 Å². The third-order valence-electron chi connectivity index (χ3n) is 1.98. The minimum absolute atomic E-state index is 0.893. The highest BCUT2D eigenvalue weighted by molar-refractivity contribution is 7.09. The van der Waals surface area contributed by atoms with Gasteiger partial charge in [0.05, 0.1) is 7.11 Å². The molecule has 0 atom stereocenters. The summed E-state index contributed by atoms with van der Waals surface area (Å²) in [6.07, 6.45) is 2.78. The molecule has 0 saturated carbocycles. The third kappa shape index (κ3) is 2.12. The molecule has 0 fully saturated rings. The third-order valence-corrected chi connectivity index (χ3v) is 2.68. The van der Waals surface area contributed by atoms with Gasteiger partial charge in [0.1, 0.15) is 5.75 Å². The van der Waals surface area contributed by atoms with Crippen molar-refractivity contribution in [3.8, 4) is 5.75 Å². The molecule has 1 aromatic carbocycles. The second kappa shape index (κ2) is 4.24. The Labute approximate surface area is 87.2 Å². The van der Waals surface area contributed by atoms with Gasteiger partial charge in [-0.05, 0) is 17.7 Å². The maximum Gasteiger partial charge on any atom is 0.152 e. The molecule has 0 N–H and O–H groups in total. The molecular weight excluding hydrogens is 194 g/mol. The number of methoxy groups -OCH3 is 1. The molecule has 0 amide bonds. The van der Waals surface area contributed by atoms with Crippen LogP contribution in [-0.2, 0) is 6.42 Å². The van der Waals surface area contributed by atoms with Crippen molar-refractivity contribution in [3.05, 3.63) is 46.4 Å². The molecule has 0 aliphatic heterocycles. The summed E-state index contributed by atoms with van der Waals surface area (Å²) >= 11 is 1.56. The summed E-state index contributed by atoms with van der Waals surface area (Å²) in [4.78, 5) is 5.15. The number of benzene rings is 1. The summed E-state index contributed by atoms with van der Waals surface area (Å²) in [6, 6.07) is 8.08. The molecule has 1 aromatic heterocycles. The summed E-state index contributed by atoms with van der Waals surface area (Å²) in [5, 5.41) is 0. The van der Waals surface area contributed by atoms with Crippen molar-refractivity contribution in [2.24, 2.45) is 0 Å². The van der Waals surface area contributed by atoms with E-state index in [1.165, 1.54) is 10.4 Å². The second-order valence-electron chi connectivity index (χ2n) is 2.94. The summed E-state index contributed by atoms with van der Waals surface area (Å²) in [7, 11) is 1.67. The molecular formula is C11H10NOS. The topological polar surface area (TPSA) is 22.1 Å². The van der Waals surface area contributed by atoms with Crippen LogP contribution in [0.3, 0.4) is 0 Å². The van der Waals surface area contributed by atoms with Crippen LogP contribution < -0.4 is 4.74 Å². The van der Waals surface area contributed by atoms with E-state index in [1.807, 2.05) is 18.3 Å². The lowest BCUT2D eigenvalue weighted by Gasteiger charge is -2.01. The first kappa shape index (κ1) is 9.21. The van der Waals surface area contributed by atoms with Gasteiger partial charge in [-0.15, -0.1) is 11.3 Å². The van der Waals surface area contributed by atoms with Gasteiger partial charge in [0.15, 0.2) is 5.51 Å². The summed E-state index contributed by atoms with van der Waals surface area (Å²) in [6.45, 7) is 0. The van der Waals surface area contributed by atoms with E-state index in [0.29, 0.717) is 0 Å². The second-order valence-corrected chi connectivity index (χ2v) is 3.85. The van der Waals surface area contributed by atoms with E-state index >= 15 is 0 Å². The van der Waals surface area contributed by atoms with Crippen LogP contribution in [0.15, 0.2) is 30.5 Å². The zero-order valence-electron chi connectivity index (χ0n) is 7.86. The number of hydrogen-bond acceptors (Lipinski definition) is 3. The molecule has 71 valence electrons. The first-order chi connectivity index (χ1) is 6.88. The number of thiazole rings is 1. The lowest BCUT2D eigenvalue weighted by Crippen LogP contribution is -1.86. The predicted molar refractivity (Wildman–Crippen MR) is 56.8 cm³/mol. The SMILES string of the molecule is COc1ccc(Cc2cn[c]s2)cc1. The average Bonchev–Trinajstić information content (AvgIpc) is 2.72. The van der Waals surface area contributed by atoms with Crippen molar-refractivity contribution in [2.75, 3.05) is 7.11 Å². The highest BCUT2D eigenvalue weighted by Crippen LogP contribution is 2.16. The zero-order chi connectivity index (χ0) is 9.80. The molecule has 2 nitrogen and oxygen atoms in total. The molecule has 1 radical (unpaired) electrons. The maximum atomic E-state index is 5.09. The molecule has 3 heteroatoms. The Balaban J connectivity index is 2.10. The summed E-state index contributed by atoms with van der Waals surface area (Å²) in [5.41, 5.74) is 4.11. The lowest BCUT2D eigenvalue weighted by atomic mass is 10.1. The van der Waals surface area contributed by atoms with Gasteiger partial charge in [0.25, 0.3) is 0 Å². The van der Waals surface area contributed by atoms with Crippen molar-refractivity contribution in [2.45, 2.75) is 6.42 Å². The summed E-state index contributed by atoms with van der Waals surface area (Å²) < 4.78 is 5.09. The quantitative estimate of drug-likeness (QED) is 0.766. The van der Waals surface area contributed by atoms with E-state index in [1.54, 1.807) is 18.4 Å². The van der Waals surface area contributed by atoms with Crippen molar-refractivity contribution < 1.29 is 4.74 Å². The Kier molecular flexibility index (Phi) is 2.79. The molecule has 2 aromatic rings. The normalized spacial score (nSPS) is 10.1. The largest absolute Gasteiger partial charge is 0.497 e. The molecule has 1 heterocycles. The van der Waals surface area contributed by atoms with Gasteiger partial charge in [-0.3, -0.25) is 0 Å². The molecule has 0 spiro atoms. The molecule has 2 rings (SSSR count). The Bertz CT molecular complexity index is 380. The highest BCUT2D eigenvalue weighted by atomic mass is 32.1. The Morgan fingerprint density at radius 2 is 2.14 bits per heavy atom. The van der Waals surface area contributed by atoms with Crippen LogP contribution in [0.4, 0.5) is 0 Å². The lowest BCUT2D eigenvalue weighted by molar-refractivity contribution is 0.414. The minimum Gasteiger partial charge on any atom is -0.497 e. The van der Waals surface area contributed by atoms with Crippen LogP contribution in [0.5, 0.6) is 5.75 Å². The van der Waals surface area contributed by atoms with Crippen LogP contribution in [0.2, 0.25) is 0 Å². The summed E-state index contributed by atoms with van der Waals surface area (Å²) in [5.74, 6) is 0.893. The molecule has 0 aliphatic rings. The van der Waals surface area contributed by atoms with Crippen molar-refractivity contribution in [3.63, 3.8) is 0 Å². The number of rotatable bonds is 3. The Morgan fingerprint density at radius 1 is 1.36 bits per heavy atom. The van der Waals surface area contributed by atoms with Gasteiger partial charge in [0.2, 0.25) is 0 Å². The molecule has 0 bridgehead atoms. The highest BCUT2D eigenvalue weighted by Gasteiger charge is 1.98. The molecule has 0 aliphatic carbocycles. The van der Waals surface area contributed by atoms with E-state index in [2.05, 4.69) is 22.6 Å². The number of hydrogen-bond donors (Lipinski definition) is 0. The molecule has 0 unspecified atom stereocenters. The first-order valence-electron chi connectivity index (χ1n) is 4.32. The fourth-order valence-corrected chi connectivity index (χ4v) is 1.80. The van der Waals surface area contributed by atoms with Gasteiger partial charge < -0.3 is 4.74 Å². The fraction of sp³-hybridized carbons (Fsp3) is 0.182. The van der Waals surface area contributed by atoms with E-state index in [-0.39, 0.29) is 0 Å². The van der Waals surface area contributed by atoms with Crippen LogP contribution >= 0.6 is 11.3 Å². The number of aromatic nitrogens is 1. The predicted octanol–water partition coefficient (Wildman–Crippen LogP) is 2.54. The van der Waals surface area contributed by atoms with Gasteiger partial charge in [0, 0.05) is 17.5 Å². The maximum absolute atomic E-state index is 5.09. The van der Waals surface area contributed by atoms with Crippen molar-refractivity contribution in [1.29, 1.82) is 0 Å². The Morgan fingerprint density at radius 3 is 2.71 bits per heavy atom. The van der Waals surface area contributed by atoms with Crippen LogP contribution in [0.1, 0.15) is 10.4 Å². The van der Waals surface area contributed by atoms with E-state index in [9.17, 15) is 0 Å². The van der Waals surface area contributed by atoms with Crippen LogP contribution in [-0.4, -0.2) is 12.1 Å². The standard InChI is InChI=1S/C11H10NOS/c1-13-10-4-2-9(3-5-10)6-11-7-12-8-14-11/h2-5,7H,6H2,1H3. The average molecular weight is 204 g/mol.